The van der Waals surface area contributed by atoms with Crippen LogP contribution in [0, 0.1) is 0 Å². The molecule has 30 heavy (non-hydrogen) atoms. The number of nitrogens with one attached hydrogen (secondary N) is 1. The predicted octanol–water partition coefficient (Wildman–Crippen LogP) is 4.07. The minimum absolute atomic E-state index is 0.00914. The van der Waals surface area contributed by atoms with E-state index in [1.54, 1.807) is 31.4 Å². The number of nitrogen functional groups attached to an aromatic ring is 1. The van der Waals surface area contributed by atoms with Crippen molar-refractivity contribution in [1.29, 1.82) is 0 Å². The molecule has 3 N–H and O–H groups in total. The summed E-state index contributed by atoms with van der Waals surface area (Å²) in [7, 11) is 1.55. The highest BCUT2D eigenvalue weighted by atomic mass is 35.5. The summed E-state index contributed by atoms with van der Waals surface area (Å²) in [4.78, 5) is 12.2. The Kier molecular flexibility index (Phi) is 6.42. The van der Waals surface area contributed by atoms with Gasteiger partial charge in [0.15, 0.2) is 5.82 Å². The molecular weight excluding hydrogens is 443 g/mol. The topological polar surface area (TPSA) is 95.1 Å². The van der Waals surface area contributed by atoms with Gasteiger partial charge in [-0.3, -0.25) is 4.79 Å². The predicted molar refractivity (Wildman–Crippen MR) is 108 cm³/mol. The monoisotopic (exact) mass is 457 g/mol. The maximum absolute atomic E-state index is 12.8. The van der Waals surface area contributed by atoms with E-state index in [0.717, 1.165) is 30.0 Å². The number of methoxy groups -OCH3 is 1. The van der Waals surface area contributed by atoms with Crippen LogP contribution in [0.2, 0.25) is 5.02 Å². The minimum Gasteiger partial charge on any atom is -0.497 e. The first-order chi connectivity index (χ1) is 14.2. The molecule has 0 radical (unpaired) electrons. The smallest absolute Gasteiger partial charge is 0.416 e. The van der Waals surface area contributed by atoms with Crippen LogP contribution >= 0.6 is 23.4 Å². The number of nitrogens with two attached hydrogens (primary N) is 1. The van der Waals surface area contributed by atoms with Gasteiger partial charge in [-0.1, -0.05) is 23.4 Å². The fourth-order valence-electron chi connectivity index (χ4n) is 2.43. The Morgan fingerprint density at radius 3 is 2.57 bits per heavy atom. The van der Waals surface area contributed by atoms with Crippen LogP contribution in [0.25, 0.3) is 11.4 Å². The van der Waals surface area contributed by atoms with Gasteiger partial charge >= 0.3 is 6.18 Å². The number of rotatable bonds is 6. The molecule has 158 valence electrons. The van der Waals surface area contributed by atoms with Crippen molar-refractivity contribution in [3.05, 3.63) is 53.1 Å². The van der Waals surface area contributed by atoms with Crippen molar-refractivity contribution in [3.63, 3.8) is 0 Å². The second-order valence-electron chi connectivity index (χ2n) is 5.93. The molecule has 3 rings (SSSR count). The summed E-state index contributed by atoms with van der Waals surface area (Å²) in [5.74, 6) is 6.31. The number of carbonyl (C=O) groups excluding carboxylic acids is 1. The lowest BCUT2D eigenvalue weighted by Gasteiger charge is -2.11. The fourth-order valence-corrected chi connectivity index (χ4v) is 3.25. The largest absolute Gasteiger partial charge is 0.497 e. The number of hydrogen-bond acceptors (Lipinski definition) is 6. The molecule has 3 aromatic rings. The molecule has 0 bridgehead atoms. The van der Waals surface area contributed by atoms with Gasteiger partial charge in [0.05, 0.1) is 29.1 Å². The molecule has 0 atom stereocenters. The van der Waals surface area contributed by atoms with Crippen molar-refractivity contribution in [3.8, 4) is 17.1 Å². The van der Waals surface area contributed by atoms with Crippen molar-refractivity contribution in [2.75, 3.05) is 24.0 Å². The van der Waals surface area contributed by atoms with Gasteiger partial charge in [-0.2, -0.15) is 13.2 Å². The second-order valence-corrected chi connectivity index (χ2v) is 7.28. The number of anilines is 1. The Bertz CT molecular complexity index is 1060. The SMILES string of the molecule is COc1ccc(-c2nnc(SCC(=O)Nc3cc(C(F)(F)F)ccc3Cl)n2N)cc1. The fraction of sp³-hybridized carbons (Fsp3) is 0.167. The molecule has 1 heterocycles. The number of amides is 1. The van der Waals surface area contributed by atoms with Crippen molar-refractivity contribution in [2.24, 2.45) is 0 Å². The van der Waals surface area contributed by atoms with E-state index in [1.807, 2.05) is 0 Å². The third-order valence-corrected chi connectivity index (χ3v) is 5.19. The first-order valence-corrected chi connectivity index (χ1v) is 9.69. The van der Waals surface area contributed by atoms with Crippen molar-refractivity contribution in [1.82, 2.24) is 14.9 Å². The average Bonchev–Trinajstić information content (AvgIpc) is 3.07. The van der Waals surface area contributed by atoms with Gasteiger partial charge in [0.25, 0.3) is 0 Å². The zero-order valence-electron chi connectivity index (χ0n) is 15.4. The standard InChI is InChI=1S/C18H15ClF3N5O2S/c1-29-12-5-2-10(3-6-12)16-25-26-17(27(16)23)30-9-15(28)24-14-8-11(18(20,21)22)4-7-13(14)19/h2-8H,9,23H2,1H3,(H,24,28). The van der Waals surface area contributed by atoms with Crippen LogP contribution in [0.5, 0.6) is 5.75 Å². The summed E-state index contributed by atoms with van der Waals surface area (Å²) in [6, 6.07) is 9.67. The molecule has 7 nitrogen and oxygen atoms in total. The van der Waals surface area contributed by atoms with Crippen LogP contribution in [0.4, 0.5) is 18.9 Å². The van der Waals surface area contributed by atoms with Crippen LogP contribution in [-0.2, 0) is 11.0 Å². The zero-order chi connectivity index (χ0) is 21.9. The van der Waals surface area contributed by atoms with Gasteiger partial charge < -0.3 is 15.9 Å². The van der Waals surface area contributed by atoms with Gasteiger partial charge in [0.2, 0.25) is 11.1 Å². The summed E-state index contributed by atoms with van der Waals surface area (Å²) < 4.78 is 44.8. The Labute approximate surface area is 178 Å². The van der Waals surface area contributed by atoms with E-state index in [1.165, 1.54) is 4.68 Å². The highest BCUT2D eigenvalue weighted by Gasteiger charge is 2.31. The summed E-state index contributed by atoms with van der Waals surface area (Å²) in [5, 5.41) is 10.6. The van der Waals surface area contributed by atoms with Gasteiger partial charge in [-0.15, -0.1) is 10.2 Å². The van der Waals surface area contributed by atoms with E-state index in [4.69, 9.17) is 22.2 Å². The highest BCUT2D eigenvalue weighted by Crippen LogP contribution is 2.34. The third-order valence-electron chi connectivity index (χ3n) is 3.91. The lowest BCUT2D eigenvalue weighted by Crippen LogP contribution is -2.17. The van der Waals surface area contributed by atoms with E-state index >= 15 is 0 Å². The van der Waals surface area contributed by atoms with E-state index < -0.39 is 17.6 Å². The number of hydrogen-bond donors (Lipinski definition) is 2. The molecule has 0 unspecified atom stereocenters. The molecule has 0 spiro atoms. The molecule has 1 amide bonds. The van der Waals surface area contributed by atoms with Crippen molar-refractivity contribution in [2.45, 2.75) is 11.3 Å². The highest BCUT2D eigenvalue weighted by molar-refractivity contribution is 7.99. The zero-order valence-corrected chi connectivity index (χ0v) is 17.0. The molecular formula is C18H15ClF3N5O2S. The second kappa shape index (κ2) is 8.84. The summed E-state index contributed by atoms with van der Waals surface area (Å²) in [6.07, 6.45) is -4.55. The Morgan fingerprint density at radius 2 is 1.93 bits per heavy atom. The van der Waals surface area contributed by atoms with E-state index in [2.05, 4.69) is 15.5 Å². The van der Waals surface area contributed by atoms with E-state index in [9.17, 15) is 18.0 Å². The molecule has 0 fully saturated rings. The lowest BCUT2D eigenvalue weighted by molar-refractivity contribution is -0.137. The van der Waals surface area contributed by atoms with Crippen LogP contribution < -0.4 is 15.9 Å². The summed E-state index contributed by atoms with van der Waals surface area (Å²) in [6.45, 7) is 0. The van der Waals surface area contributed by atoms with Gasteiger partial charge in [0, 0.05) is 5.56 Å². The Morgan fingerprint density at radius 1 is 1.23 bits per heavy atom. The molecule has 0 aliphatic heterocycles. The van der Waals surface area contributed by atoms with Gasteiger partial charge in [-0.25, -0.2) is 4.68 Å². The maximum Gasteiger partial charge on any atom is 0.416 e. The first-order valence-electron chi connectivity index (χ1n) is 8.33. The average molecular weight is 458 g/mol. The Hall–Kier alpha value is -2.92. The molecule has 0 saturated heterocycles. The number of alkyl halides is 3. The normalized spacial score (nSPS) is 11.4. The van der Waals surface area contributed by atoms with Crippen LogP contribution in [0.3, 0.4) is 0 Å². The van der Waals surface area contributed by atoms with Crippen LogP contribution in [0.1, 0.15) is 5.56 Å². The van der Waals surface area contributed by atoms with Gasteiger partial charge in [0.1, 0.15) is 5.75 Å². The number of nitrogens with zero attached hydrogens (tertiary/aromatic N) is 3. The number of ether oxygens (including phenoxy) is 1. The lowest BCUT2D eigenvalue weighted by atomic mass is 10.2. The van der Waals surface area contributed by atoms with Crippen LogP contribution in [-0.4, -0.2) is 33.6 Å². The molecule has 12 heteroatoms. The molecule has 0 aliphatic rings. The molecule has 1 aromatic heterocycles. The molecule has 2 aromatic carbocycles. The maximum atomic E-state index is 12.8. The molecule has 0 saturated carbocycles. The quantitative estimate of drug-likeness (QED) is 0.428. The summed E-state index contributed by atoms with van der Waals surface area (Å²) in [5.41, 5.74) is -0.358. The van der Waals surface area contributed by atoms with Gasteiger partial charge in [-0.05, 0) is 42.5 Å². The molecule has 0 aliphatic carbocycles. The van der Waals surface area contributed by atoms with Crippen molar-refractivity contribution < 1.29 is 22.7 Å². The number of aromatic nitrogens is 3. The van der Waals surface area contributed by atoms with Crippen LogP contribution in [0.15, 0.2) is 47.6 Å². The number of carbonyl (C=O) groups is 1. The number of benzene rings is 2. The third kappa shape index (κ3) is 4.97. The number of thioether (sulfide) groups is 1. The van der Waals surface area contributed by atoms with E-state index in [0.29, 0.717) is 17.1 Å². The number of halogens is 4. The Balaban J connectivity index is 1.66. The minimum atomic E-state index is -4.55. The van der Waals surface area contributed by atoms with Crippen molar-refractivity contribution >= 4 is 35.0 Å². The summed E-state index contributed by atoms with van der Waals surface area (Å²) >= 11 is 6.86. The van der Waals surface area contributed by atoms with E-state index in [-0.39, 0.29) is 21.6 Å². The first kappa shape index (κ1) is 21.8.